The van der Waals surface area contributed by atoms with E-state index in [4.69, 9.17) is 11.6 Å². The lowest BCUT2D eigenvalue weighted by Gasteiger charge is -2.23. The van der Waals surface area contributed by atoms with Gasteiger partial charge in [0.2, 0.25) is 15.9 Å². The molecule has 1 amide bonds. The summed E-state index contributed by atoms with van der Waals surface area (Å²) < 4.78 is 25.8. The Morgan fingerprint density at radius 3 is 2.43 bits per heavy atom. The van der Waals surface area contributed by atoms with Gasteiger partial charge in [0, 0.05) is 36.0 Å². The molecular weight excluding hydrogens is 440 g/mol. The molecule has 0 aliphatic carbocycles. The van der Waals surface area contributed by atoms with E-state index in [0.717, 1.165) is 33.2 Å². The SMILES string of the molecule is Cc1cc(C)cc(N(CCCC(=O)NCCSCc2ccccc2Cl)S(C)(=O)=O)c1. The van der Waals surface area contributed by atoms with E-state index in [1.807, 2.05) is 56.3 Å². The Labute approximate surface area is 189 Å². The van der Waals surface area contributed by atoms with Crippen molar-refractivity contribution in [2.24, 2.45) is 0 Å². The van der Waals surface area contributed by atoms with Gasteiger partial charge >= 0.3 is 0 Å². The van der Waals surface area contributed by atoms with Crippen LogP contribution in [-0.4, -0.2) is 39.4 Å². The molecule has 8 heteroatoms. The van der Waals surface area contributed by atoms with Gasteiger partial charge in [-0.2, -0.15) is 11.8 Å². The number of nitrogens with one attached hydrogen (secondary N) is 1. The highest BCUT2D eigenvalue weighted by Gasteiger charge is 2.18. The molecule has 0 bridgehead atoms. The standard InChI is InChI=1S/C22H29ClN2O3S2/c1-17-13-18(2)15-20(14-17)25(30(3,27)28)11-6-9-22(26)24-10-12-29-16-19-7-4-5-8-21(19)23/h4-5,7-8,13-15H,6,9-12,16H2,1-3H3,(H,24,26). The maximum atomic E-state index is 12.2. The molecule has 30 heavy (non-hydrogen) atoms. The van der Waals surface area contributed by atoms with Gasteiger partial charge in [-0.3, -0.25) is 9.10 Å². The zero-order valence-electron chi connectivity index (χ0n) is 17.7. The second-order valence-corrected chi connectivity index (χ2v) is 10.7. The van der Waals surface area contributed by atoms with E-state index in [-0.39, 0.29) is 18.9 Å². The van der Waals surface area contributed by atoms with E-state index in [1.54, 1.807) is 11.8 Å². The number of benzene rings is 2. The largest absolute Gasteiger partial charge is 0.355 e. The molecule has 0 heterocycles. The Hall–Kier alpha value is -1.70. The molecule has 0 saturated heterocycles. The van der Waals surface area contributed by atoms with Gasteiger partial charge < -0.3 is 5.32 Å². The van der Waals surface area contributed by atoms with Gasteiger partial charge in [0.05, 0.1) is 11.9 Å². The Morgan fingerprint density at radius 2 is 1.80 bits per heavy atom. The van der Waals surface area contributed by atoms with E-state index in [2.05, 4.69) is 5.32 Å². The third-order valence-corrected chi connectivity index (χ3v) is 7.01. The molecule has 2 aromatic rings. The summed E-state index contributed by atoms with van der Waals surface area (Å²) in [7, 11) is -3.42. The smallest absolute Gasteiger partial charge is 0.232 e. The highest BCUT2D eigenvalue weighted by molar-refractivity contribution is 7.98. The highest BCUT2D eigenvalue weighted by atomic mass is 35.5. The summed E-state index contributed by atoms with van der Waals surface area (Å²) in [6, 6.07) is 13.4. The number of nitrogens with zero attached hydrogens (tertiary/aromatic N) is 1. The molecule has 0 atom stereocenters. The topological polar surface area (TPSA) is 66.5 Å². The van der Waals surface area contributed by atoms with E-state index >= 15 is 0 Å². The number of sulfonamides is 1. The van der Waals surface area contributed by atoms with Crippen molar-refractivity contribution in [2.45, 2.75) is 32.4 Å². The van der Waals surface area contributed by atoms with Crippen LogP contribution in [0.25, 0.3) is 0 Å². The van der Waals surface area contributed by atoms with Crippen molar-refractivity contribution in [2.75, 3.05) is 29.4 Å². The molecule has 0 aliphatic rings. The second kappa shape index (κ2) is 11.6. The fourth-order valence-electron chi connectivity index (χ4n) is 3.11. The van der Waals surface area contributed by atoms with E-state index in [1.165, 1.54) is 10.6 Å². The number of rotatable bonds is 11. The maximum Gasteiger partial charge on any atom is 0.232 e. The predicted molar refractivity (Wildman–Crippen MR) is 128 cm³/mol. The molecule has 0 unspecified atom stereocenters. The summed E-state index contributed by atoms with van der Waals surface area (Å²) >= 11 is 7.84. The van der Waals surface area contributed by atoms with Gasteiger partial charge in [-0.05, 0) is 55.2 Å². The lowest BCUT2D eigenvalue weighted by atomic mass is 10.1. The Balaban J connectivity index is 1.74. The summed E-state index contributed by atoms with van der Waals surface area (Å²) in [5, 5.41) is 3.65. The summed E-state index contributed by atoms with van der Waals surface area (Å²) in [6.45, 7) is 4.72. The van der Waals surface area contributed by atoms with E-state index < -0.39 is 10.0 Å². The van der Waals surface area contributed by atoms with Crippen LogP contribution < -0.4 is 9.62 Å². The lowest BCUT2D eigenvalue weighted by Crippen LogP contribution is -2.32. The van der Waals surface area contributed by atoms with Crippen LogP contribution in [0.4, 0.5) is 5.69 Å². The van der Waals surface area contributed by atoms with Crippen LogP contribution in [0, 0.1) is 13.8 Å². The first-order valence-corrected chi connectivity index (χ1v) is 13.2. The zero-order chi connectivity index (χ0) is 22.1. The van der Waals surface area contributed by atoms with Crippen molar-refractivity contribution in [1.82, 2.24) is 5.32 Å². The number of halogens is 1. The van der Waals surface area contributed by atoms with Gasteiger partial charge in [-0.25, -0.2) is 8.42 Å². The molecular formula is C22H29ClN2O3S2. The summed E-state index contributed by atoms with van der Waals surface area (Å²) in [4.78, 5) is 12.1. The molecule has 0 spiro atoms. The molecule has 5 nitrogen and oxygen atoms in total. The first-order chi connectivity index (χ1) is 14.2. The highest BCUT2D eigenvalue weighted by Crippen LogP contribution is 2.22. The monoisotopic (exact) mass is 468 g/mol. The predicted octanol–water partition coefficient (Wildman–Crippen LogP) is 4.55. The average molecular weight is 469 g/mol. The van der Waals surface area contributed by atoms with Gasteiger partial charge in [0.25, 0.3) is 0 Å². The molecule has 0 fully saturated rings. The minimum atomic E-state index is -3.42. The van der Waals surface area contributed by atoms with Crippen LogP contribution >= 0.6 is 23.4 Å². The maximum absolute atomic E-state index is 12.2. The third-order valence-electron chi connectivity index (χ3n) is 4.44. The second-order valence-electron chi connectivity index (χ2n) is 7.28. The van der Waals surface area contributed by atoms with Gasteiger partial charge in [-0.1, -0.05) is 35.9 Å². The summed E-state index contributed by atoms with van der Waals surface area (Å²) in [5.41, 5.74) is 3.74. The molecule has 164 valence electrons. The van der Waals surface area contributed by atoms with Crippen molar-refractivity contribution >= 4 is 45.0 Å². The molecule has 1 N–H and O–H groups in total. The molecule has 2 rings (SSSR count). The van der Waals surface area contributed by atoms with Crippen molar-refractivity contribution in [3.63, 3.8) is 0 Å². The average Bonchev–Trinajstić information content (AvgIpc) is 2.64. The van der Waals surface area contributed by atoms with Crippen LogP contribution in [0.5, 0.6) is 0 Å². The van der Waals surface area contributed by atoms with Gasteiger partial charge in [-0.15, -0.1) is 0 Å². The lowest BCUT2D eigenvalue weighted by molar-refractivity contribution is -0.121. The minimum Gasteiger partial charge on any atom is -0.355 e. The molecule has 2 aromatic carbocycles. The van der Waals surface area contributed by atoms with Crippen LogP contribution in [-0.2, 0) is 20.6 Å². The van der Waals surface area contributed by atoms with Crippen LogP contribution in [0.3, 0.4) is 0 Å². The molecule has 0 aromatic heterocycles. The molecule has 0 saturated carbocycles. The van der Waals surface area contributed by atoms with Crippen molar-refractivity contribution in [3.05, 3.63) is 64.2 Å². The molecule has 0 radical (unpaired) electrons. The first-order valence-electron chi connectivity index (χ1n) is 9.80. The number of thioether (sulfide) groups is 1. The fraction of sp³-hybridized carbons (Fsp3) is 0.409. The quantitative estimate of drug-likeness (QED) is 0.491. The van der Waals surface area contributed by atoms with Crippen LogP contribution in [0.1, 0.15) is 29.5 Å². The Morgan fingerprint density at radius 1 is 1.13 bits per heavy atom. The number of hydrogen-bond donors (Lipinski definition) is 1. The van der Waals surface area contributed by atoms with Crippen LogP contribution in [0.2, 0.25) is 5.02 Å². The van der Waals surface area contributed by atoms with Crippen molar-refractivity contribution < 1.29 is 13.2 Å². The number of carbonyl (C=O) groups excluding carboxylic acids is 1. The van der Waals surface area contributed by atoms with Crippen molar-refractivity contribution in [3.8, 4) is 0 Å². The van der Waals surface area contributed by atoms with Crippen molar-refractivity contribution in [1.29, 1.82) is 0 Å². The third kappa shape index (κ3) is 8.20. The first kappa shape index (κ1) is 24.6. The van der Waals surface area contributed by atoms with E-state index in [9.17, 15) is 13.2 Å². The molecule has 0 aliphatic heterocycles. The number of aryl methyl sites for hydroxylation is 2. The number of amides is 1. The van der Waals surface area contributed by atoms with Crippen LogP contribution in [0.15, 0.2) is 42.5 Å². The van der Waals surface area contributed by atoms with Gasteiger partial charge in [0.1, 0.15) is 0 Å². The Kier molecular flexibility index (Phi) is 9.52. The number of hydrogen-bond acceptors (Lipinski definition) is 4. The minimum absolute atomic E-state index is 0.0674. The normalized spacial score (nSPS) is 11.3. The summed E-state index contributed by atoms with van der Waals surface area (Å²) in [5.74, 6) is 1.52. The summed E-state index contributed by atoms with van der Waals surface area (Å²) in [6.07, 6.45) is 1.94. The number of carbonyl (C=O) groups is 1. The fourth-order valence-corrected chi connectivity index (χ4v) is 5.21. The Bertz CT molecular complexity index is 944. The van der Waals surface area contributed by atoms with E-state index in [0.29, 0.717) is 18.7 Å². The van der Waals surface area contributed by atoms with Gasteiger partial charge in [0.15, 0.2) is 0 Å². The zero-order valence-corrected chi connectivity index (χ0v) is 20.0. The number of anilines is 1.